The van der Waals surface area contributed by atoms with Crippen molar-refractivity contribution in [1.29, 1.82) is 0 Å². The quantitative estimate of drug-likeness (QED) is 0.255. The van der Waals surface area contributed by atoms with Gasteiger partial charge in [0.05, 0.1) is 0 Å². The van der Waals surface area contributed by atoms with Crippen molar-refractivity contribution in [3.8, 4) is 0 Å². The Bertz CT molecular complexity index is 829. The van der Waals surface area contributed by atoms with Gasteiger partial charge in [-0.1, -0.05) is 30.3 Å². The molecule has 3 atom stereocenters. The molecule has 0 unspecified atom stereocenters. The normalized spacial score (nSPS) is 13.8. The van der Waals surface area contributed by atoms with Gasteiger partial charge in [0.1, 0.15) is 31.0 Å². The number of carbonyl (C=O) groups excluding carboxylic acids is 4. The van der Waals surface area contributed by atoms with Gasteiger partial charge in [-0.3, -0.25) is 18.9 Å². The molecule has 6 N–H and O–H groups in total. The molecule has 31 heavy (non-hydrogen) atoms. The molecular formula is C18H27N4O8P. The highest BCUT2D eigenvalue weighted by molar-refractivity contribution is 7.52. The molecule has 13 heteroatoms. The van der Waals surface area contributed by atoms with Crippen molar-refractivity contribution in [2.24, 2.45) is 0 Å². The summed E-state index contributed by atoms with van der Waals surface area (Å²) < 4.78 is 16.0. The van der Waals surface area contributed by atoms with Gasteiger partial charge in [0.2, 0.25) is 17.7 Å². The van der Waals surface area contributed by atoms with Gasteiger partial charge in [0.25, 0.3) is 0 Å². The van der Waals surface area contributed by atoms with Crippen molar-refractivity contribution in [3.63, 3.8) is 0 Å². The molecule has 0 fully saturated rings. The zero-order valence-electron chi connectivity index (χ0n) is 17.3. The van der Waals surface area contributed by atoms with E-state index in [2.05, 4.69) is 21.3 Å². The second-order valence-corrected chi connectivity index (χ2v) is 8.66. The molecule has 0 saturated carbocycles. The number of hydrogen-bond donors (Lipinski definition) is 6. The van der Waals surface area contributed by atoms with Crippen LogP contribution in [0.1, 0.15) is 26.3 Å². The summed E-state index contributed by atoms with van der Waals surface area (Å²) in [7, 11) is -4.51. The Labute approximate surface area is 179 Å². The summed E-state index contributed by atoms with van der Waals surface area (Å²) in [5.74, 6) is -3.58. The lowest BCUT2D eigenvalue weighted by Gasteiger charge is -2.21. The zero-order valence-corrected chi connectivity index (χ0v) is 18.2. The monoisotopic (exact) mass is 458 g/mol. The van der Waals surface area contributed by atoms with E-state index in [9.17, 15) is 23.7 Å². The summed E-state index contributed by atoms with van der Waals surface area (Å²) in [6.07, 6.45) is -0.805. The van der Waals surface area contributed by atoms with Crippen LogP contribution in [0.3, 0.4) is 0 Å². The van der Waals surface area contributed by atoms with Crippen LogP contribution in [0.2, 0.25) is 0 Å². The van der Waals surface area contributed by atoms with E-state index >= 15 is 0 Å². The molecule has 1 rings (SSSR count). The molecular weight excluding hydrogens is 431 g/mol. The molecule has 0 heterocycles. The molecule has 1 aromatic rings. The van der Waals surface area contributed by atoms with Gasteiger partial charge < -0.3 is 35.8 Å². The molecule has 12 nitrogen and oxygen atoms in total. The van der Waals surface area contributed by atoms with Crippen LogP contribution in [-0.4, -0.2) is 58.0 Å². The van der Waals surface area contributed by atoms with Gasteiger partial charge in [-0.05, 0) is 26.3 Å². The lowest BCUT2D eigenvalue weighted by molar-refractivity contribution is -0.131. The SMILES string of the molecule is C[C@H](NC(=O)CNC(=O)OCc1ccccc1)C(=O)N[C@@H](C)C(=O)N[C@@H](C)P(=O)(O)O. The van der Waals surface area contributed by atoms with Crippen LogP contribution >= 0.6 is 7.60 Å². The minimum absolute atomic E-state index is 0.0354. The number of ether oxygens (including phenoxy) is 1. The second-order valence-electron chi connectivity index (χ2n) is 6.71. The van der Waals surface area contributed by atoms with Gasteiger partial charge in [-0.15, -0.1) is 0 Å². The van der Waals surface area contributed by atoms with Crippen LogP contribution in [-0.2, 0) is 30.3 Å². The van der Waals surface area contributed by atoms with Crippen molar-refractivity contribution in [2.45, 2.75) is 45.2 Å². The highest BCUT2D eigenvalue weighted by Gasteiger charge is 2.28. The van der Waals surface area contributed by atoms with E-state index in [1.807, 2.05) is 6.07 Å². The minimum atomic E-state index is -4.51. The molecule has 4 amide bonds. The molecule has 0 aromatic heterocycles. The fourth-order valence-corrected chi connectivity index (χ4v) is 2.40. The van der Waals surface area contributed by atoms with Crippen LogP contribution < -0.4 is 21.3 Å². The van der Waals surface area contributed by atoms with Crippen LogP contribution in [0, 0.1) is 0 Å². The molecule has 0 saturated heterocycles. The van der Waals surface area contributed by atoms with Gasteiger partial charge >= 0.3 is 13.7 Å². The predicted octanol–water partition coefficient (Wildman–Crippen LogP) is -0.438. The summed E-state index contributed by atoms with van der Waals surface area (Å²) in [4.78, 5) is 65.5. The maximum absolute atomic E-state index is 12.1. The third-order valence-corrected chi connectivity index (χ3v) is 5.12. The van der Waals surface area contributed by atoms with Crippen LogP contribution in [0.4, 0.5) is 4.79 Å². The maximum atomic E-state index is 12.1. The summed E-state index contributed by atoms with van der Waals surface area (Å²) in [6.45, 7) is 3.42. The zero-order chi connectivity index (χ0) is 23.6. The lowest BCUT2D eigenvalue weighted by Crippen LogP contribution is -2.53. The Morgan fingerprint density at radius 2 is 1.48 bits per heavy atom. The molecule has 0 bridgehead atoms. The van der Waals surface area contributed by atoms with Gasteiger partial charge in [-0.2, -0.15) is 0 Å². The first-order valence-electron chi connectivity index (χ1n) is 9.30. The molecule has 0 radical (unpaired) electrons. The summed E-state index contributed by atoms with van der Waals surface area (Å²) in [6, 6.07) is 6.80. The van der Waals surface area contributed by atoms with Gasteiger partial charge in [0.15, 0.2) is 0 Å². The molecule has 0 aliphatic carbocycles. The average molecular weight is 458 g/mol. The average Bonchev–Trinajstić information content (AvgIpc) is 2.70. The third-order valence-electron chi connectivity index (χ3n) is 3.98. The summed E-state index contributed by atoms with van der Waals surface area (Å²) in [5.41, 5.74) is 0.778. The molecule has 1 aromatic carbocycles. The Morgan fingerprint density at radius 1 is 0.935 bits per heavy atom. The predicted molar refractivity (Wildman–Crippen MR) is 109 cm³/mol. The third kappa shape index (κ3) is 10.1. The van der Waals surface area contributed by atoms with Crippen LogP contribution in [0.15, 0.2) is 30.3 Å². The van der Waals surface area contributed by atoms with Crippen LogP contribution in [0.5, 0.6) is 0 Å². The summed E-state index contributed by atoms with van der Waals surface area (Å²) >= 11 is 0. The van der Waals surface area contributed by atoms with E-state index < -0.39 is 55.8 Å². The molecule has 0 aliphatic heterocycles. The standard InChI is InChI=1S/C18H27N4O8P/c1-11(16(24)21-12(2)17(25)22-13(3)31(27,28)29)20-15(23)9-19-18(26)30-10-14-7-5-4-6-8-14/h4-8,11-13H,9-10H2,1-3H3,(H,19,26)(H,20,23)(H,21,24)(H,22,25)(H2,27,28,29)/t11-,12-,13+/m0/s1. The second kappa shape index (κ2) is 12.0. The van der Waals surface area contributed by atoms with E-state index in [-0.39, 0.29) is 6.61 Å². The van der Waals surface area contributed by atoms with E-state index in [0.717, 1.165) is 12.5 Å². The first kappa shape index (κ1) is 26.1. The van der Waals surface area contributed by atoms with Gasteiger partial charge in [-0.25, -0.2) is 4.79 Å². The summed E-state index contributed by atoms with van der Waals surface area (Å²) in [5, 5.41) is 9.00. The van der Waals surface area contributed by atoms with Crippen molar-refractivity contribution in [1.82, 2.24) is 21.3 Å². The van der Waals surface area contributed by atoms with Gasteiger partial charge in [0, 0.05) is 0 Å². The fraction of sp³-hybridized carbons (Fsp3) is 0.444. The minimum Gasteiger partial charge on any atom is -0.445 e. The first-order valence-corrected chi connectivity index (χ1v) is 11.0. The van der Waals surface area contributed by atoms with E-state index in [1.54, 1.807) is 24.3 Å². The van der Waals surface area contributed by atoms with Crippen molar-refractivity contribution in [3.05, 3.63) is 35.9 Å². The number of benzene rings is 1. The molecule has 0 spiro atoms. The topological polar surface area (TPSA) is 183 Å². The number of nitrogens with one attached hydrogen (secondary N) is 4. The van der Waals surface area contributed by atoms with Crippen molar-refractivity contribution >= 4 is 31.4 Å². The van der Waals surface area contributed by atoms with E-state index in [4.69, 9.17) is 14.5 Å². The number of amides is 4. The maximum Gasteiger partial charge on any atom is 0.407 e. The Morgan fingerprint density at radius 3 is 2.06 bits per heavy atom. The van der Waals surface area contributed by atoms with Crippen molar-refractivity contribution < 1.29 is 38.3 Å². The number of rotatable bonds is 10. The lowest BCUT2D eigenvalue weighted by atomic mass is 10.2. The first-order chi connectivity index (χ1) is 14.4. The largest absolute Gasteiger partial charge is 0.445 e. The molecule has 172 valence electrons. The Balaban J connectivity index is 2.35. The Kier molecular flexibility index (Phi) is 10.1. The highest BCUT2D eigenvalue weighted by atomic mass is 31.2. The fourth-order valence-electron chi connectivity index (χ4n) is 2.10. The number of hydrogen-bond acceptors (Lipinski definition) is 6. The Hall–Kier alpha value is -2.95. The van der Waals surface area contributed by atoms with Crippen molar-refractivity contribution in [2.75, 3.05) is 6.54 Å². The van der Waals surface area contributed by atoms with E-state index in [0.29, 0.717) is 0 Å². The number of carbonyl (C=O) groups is 4. The van der Waals surface area contributed by atoms with E-state index in [1.165, 1.54) is 13.8 Å². The smallest absolute Gasteiger partial charge is 0.407 e. The number of alkyl carbamates (subject to hydrolysis) is 1. The van der Waals surface area contributed by atoms with Crippen LogP contribution in [0.25, 0.3) is 0 Å². The highest BCUT2D eigenvalue weighted by Crippen LogP contribution is 2.39. The molecule has 0 aliphatic rings.